The third-order valence-corrected chi connectivity index (χ3v) is 5.78. The molecule has 41 heavy (non-hydrogen) atoms. The first-order valence-corrected chi connectivity index (χ1v) is 12.4. The maximum Gasteiger partial charge on any atom is 0.303 e. The van der Waals surface area contributed by atoms with Crippen molar-refractivity contribution in [1.82, 2.24) is 0 Å². The number of benzene rings is 2. The van der Waals surface area contributed by atoms with Crippen LogP contribution in [-0.4, -0.2) is 72.1 Å². The number of halogens is 1. The summed E-state index contributed by atoms with van der Waals surface area (Å²) in [5.41, 5.74) is 0.0388. The summed E-state index contributed by atoms with van der Waals surface area (Å²) in [6.07, 6.45) is -7.38. The van der Waals surface area contributed by atoms with Crippen LogP contribution in [0.2, 0.25) is 0 Å². The lowest BCUT2D eigenvalue weighted by molar-refractivity contribution is -0.288. The maximum absolute atomic E-state index is 14.0. The minimum Gasteiger partial charge on any atom is -0.507 e. The number of phenolic OH excluding ortho intramolecular Hbond substituents is 1. The van der Waals surface area contributed by atoms with E-state index >= 15 is 0 Å². The summed E-state index contributed by atoms with van der Waals surface area (Å²) in [4.78, 5) is 59.9. The van der Waals surface area contributed by atoms with Gasteiger partial charge in [0.2, 0.25) is 12.4 Å². The van der Waals surface area contributed by atoms with E-state index in [1.54, 1.807) is 6.07 Å². The van der Waals surface area contributed by atoms with E-state index in [9.17, 15) is 33.5 Å². The number of hydrogen-bond acceptors (Lipinski definition) is 12. The van der Waals surface area contributed by atoms with Crippen LogP contribution in [0, 0.1) is 5.82 Å². The molecular weight excluding hydrogens is 547 g/mol. The largest absolute Gasteiger partial charge is 0.507 e. The van der Waals surface area contributed by atoms with Gasteiger partial charge >= 0.3 is 23.9 Å². The van der Waals surface area contributed by atoms with Gasteiger partial charge in [0, 0.05) is 40.2 Å². The Morgan fingerprint density at radius 2 is 1.44 bits per heavy atom. The Hall–Kier alpha value is -4.52. The van der Waals surface area contributed by atoms with Crippen LogP contribution in [0.25, 0.3) is 0 Å². The number of ketones is 1. The fraction of sp³-hybridized carbons (Fsp3) is 0.393. The lowest BCUT2D eigenvalue weighted by Gasteiger charge is -2.43. The zero-order chi connectivity index (χ0) is 30.3. The molecule has 1 heterocycles. The molecule has 0 radical (unpaired) electrons. The van der Waals surface area contributed by atoms with Crippen molar-refractivity contribution in [3.8, 4) is 11.5 Å². The molecule has 220 valence electrons. The minimum atomic E-state index is -1.53. The predicted octanol–water partition coefficient (Wildman–Crippen LogP) is 2.42. The van der Waals surface area contributed by atoms with Crippen molar-refractivity contribution in [2.24, 2.45) is 0 Å². The van der Waals surface area contributed by atoms with Crippen molar-refractivity contribution < 1.29 is 61.9 Å². The molecule has 0 spiro atoms. The average molecular weight is 577 g/mol. The molecule has 0 amide bonds. The summed E-state index contributed by atoms with van der Waals surface area (Å²) < 4.78 is 46.6. The van der Waals surface area contributed by atoms with Crippen molar-refractivity contribution in [2.75, 3.05) is 6.61 Å². The molecule has 13 heteroatoms. The molecule has 0 unspecified atom stereocenters. The van der Waals surface area contributed by atoms with Gasteiger partial charge in [-0.05, 0) is 23.8 Å². The van der Waals surface area contributed by atoms with Gasteiger partial charge in [-0.1, -0.05) is 18.2 Å². The summed E-state index contributed by atoms with van der Waals surface area (Å²) >= 11 is 0. The Morgan fingerprint density at radius 1 is 0.829 bits per heavy atom. The molecule has 1 N–H and O–H groups in total. The normalized spacial score (nSPS) is 21.7. The second-order valence-corrected chi connectivity index (χ2v) is 9.06. The van der Waals surface area contributed by atoms with Gasteiger partial charge in [0.05, 0.1) is 5.56 Å². The Balaban J connectivity index is 1.92. The van der Waals surface area contributed by atoms with Crippen molar-refractivity contribution >= 4 is 29.7 Å². The van der Waals surface area contributed by atoms with E-state index in [1.165, 1.54) is 30.3 Å². The summed E-state index contributed by atoms with van der Waals surface area (Å²) in [7, 11) is 0. The molecule has 0 bridgehead atoms. The van der Waals surface area contributed by atoms with E-state index in [-0.39, 0.29) is 23.3 Å². The van der Waals surface area contributed by atoms with Crippen molar-refractivity contribution in [3.05, 3.63) is 59.4 Å². The van der Waals surface area contributed by atoms with Crippen LogP contribution >= 0.6 is 0 Å². The van der Waals surface area contributed by atoms with Crippen LogP contribution in [0.3, 0.4) is 0 Å². The van der Waals surface area contributed by atoms with Crippen LogP contribution < -0.4 is 4.74 Å². The zero-order valence-electron chi connectivity index (χ0n) is 22.7. The maximum atomic E-state index is 14.0. The lowest BCUT2D eigenvalue weighted by atomic mass is 9.98. The molecular formula is C28H29FO12. The second kappa shape index (κ2) is 13.7. The van der Waals surface area contributed by atoms with Gasteiger partial charge in [0.15, 0.2) is 18.0 Å². The highest BCUT2D eigenvalue weighted by Crippen LogP contribution is 2.33. The van der Waals surface area contributed by atoms with Crippen LogP contribution in [0.15, 0.2) is 42.5 Å². The van der Waals surface area contributed by atoms with Gasteiger partial charge in [-0.3, -0.25) is 24.0 Å². The lowest BCUT2D eigenvalue weighted by Crippen LogP contribution is -2.63. The number of esters is 4. The highest BCUT2D eigenvalue weighted by Gasteiger charge is 2.53. The van der Waals surface area contributed by atoms with Gasteiger partial charge in [0.1, 0.15) is 30.0 Å². The van der Waals surface area contributed by atoms with Gasteiger partial charge < -0.3 is 33.5 Å². The predicted molar refractivity (Wildman–Crippen MR) is 135 cm³/mol. The number of phenols is 1. The number of Topliss-reactive ketones (excluding diaryl/α,β-unsaturated/α-hetero) is 1. The third kappa shape index (κ3) is 8.48. The first kappa shape index (κ1) is 31.0. The van der Waals surface area contributed by atoms with E-state index in [2.05, 4.69) is 0 Å². The summed E-state index contributed by atoms with van der Waals surface area (Å²) in [6, 6.07) is 9.38. The molecule has 2 aromatic carbocycles. The first-order valence-electron chi connectivity index (χ1n) is 12.4. The topological polar surface area (TPSA) is 161 Å². The van der Waals surface area contributed by atoms with Crippen molar-refractivity contribution in [2.45, 2.75) is 64.8 Å². The summed E-state index contributed by atoms with van der Waals surface area (Å²) in [6.45, 7) is 3.94. The summed E-state index contributed by atoms with van der Waals surface area (Å²) in [5.74, 6) is -4.78. The Kier molecular flexibility index (Phi) is 10.4. The molecule has 2 aromatic rings. The molecule has 0 aromatic heterocycles. The molecule has 0 aliphatic carbocycles. The van der Waals surface area contributed by atoms with E-state index in [4.69, 9.17) is 28.4 Å². The highest BCUT2D eigenvalue weighted by atomic mass is 19.1. The van der Waals surface area contributed by atoms with Crippen LogP contribution in [0.4, 0.5) is 4.39 Å². The Bertz CT molecular complexity index is 1310. The molecule has 0 saturated carbocycles. The zero-order valence-corrected chi connectivity index (χ0v) is 22.7. The first-order chi connectivity index (χ1) is 19.3. The quantitative estimate of drug-likeness (QED) is 0.250. The number of aromatic hydroxyl groups is 1. The molecule has 1 saturated heterocycles. The fourth-order valence-electron chi connectivity index (χ4n) is 4.15. The number of hydrogen-bond donors (Lipinski definition) is 1. The number of ether oxygens (including phenoxy) is 6. The highest BCUT2D eigenvalue weighted by molar-refractivity contribution is 6.00. The molecule has 5 atom stereocenters. The van der Waals surface area contributed by atoms with E-state index in [0.29, 0.717) is 0 Å². The monoisotopic (exact) mass is 576 g/mol. The summed E-state index contributed by atoms with van der Waals surface area (Å²) in [5, 5.41) is 10.6. The van der Waals surface area contributed by atoms with Crippen molar-refractivity contribution in [3.63, 3.8) is 0 Å². The smallest absolute Gasteiger partial charge is 0.303 e. The average Bonchev–Trinajstić information content (AvgIpc) is 2.87. The molecule has 12 nitrogen and oxygen atoms in total. The van der Waals surface area contributed by atoms with Crippen LogP contribution in [0.1, 0.15) is 43.6 Å². The number of carbonyl (C=O) groups excluding carboxylic acids is 5. The van der Waals surface area contributed by atoms with E-state index in [1.807, 2.05) is 0 Å². The molecule has 1 aliphatic heterocycles. The van der Waals surface area contributed by atoms with E-state index in [0.717, 1.165) is 33.8 Å². The van der Waals surface area contributed by atoms with Gasteiger partial charge in [0.25, 0.3) is 0 Å². The van der Waals surface area contributed by atoms with Crippen LogP contribution in [0.5, 0.6) is 11.5 Å². The van der Waals surface area contributed by atoms with Gasteiger partial charge in [-0.25, -0.2) is 4.39 Å². The fourth-order valence-corrected chi connectivity index (χ4v) is 4.15. The molecule has 1 fully saturated rings. The minimum absolute atomic E-state index is 0.0640. The third-order valence-electron chi connectivity index (χ3n) is 5.78. The SMILES string of the molecule is CC(=O)OC[C@@H]1O[C@H](Oc2ccc(C(=O)Cc3ccccc3F)c(O)c2)[C@@H](OC(C)=O)[C@@H](OC(C)=O)[C@@H]1OC(C)=O. The van der Waals surface area contributed by atoms with Gasteiger partial charge in [-0.2, -0.15) is 0 Å². The second-order valence-electron chi connectivity index (χ2n) is 9.06. The Morgan fingerprint density at radius 3 is 2.02 bits per heavy atom. The molecule has 3 rings (SSSR count). The standard InChI is InChI=1S/C28H29FO12/c1-14(30)36-13-24-25(37-15(2)31)26(38-16(3)32)27(39-17(4)33)28(41-24)40-19-9-10-20(23(35)12-19)22(34)11-18-7-5-6-8-21(18)29/h5-10,12,24-28,35H,11,13H2,1-4H3/t24-,25+,26-,27-,28-/m0/s1. The van der Waals surface area contributed by atoms with Crippen molar-refractivity contribution in [1.29, 1.82) is 0 Å². The van der Waals surface area contributed by atoms with E-state index < -0.39 is 78.5 Å². The Labute approximate surface area is 234 Å². The molecule has 1 aliphatic rings. The number of carbonyl (C=O) groups is 5. The van der Waals surface area contributed by atoms with Crippen LogP contribution in [-0.2, 0) is 49.3 Å². The van der Waals surface area contributed by atoms with Gasteiger partial charge in [-0.15, -0.1) is 0 Å². The number of rotatable bonds is 10.